The lowest BCUT2D eigenvalue weighted by molar-refractivity contribution is -0.136. The molecule has 0 aromatic carbocycles. The third kappa shape index (κ3) is 3.85. The molecule has 3 unspecified atom stereocenters. The van der Waals surface area contributed by atoms with Gasteiger partial charge in [-0.2, -0.15) is 0 Å². The molecule has 4 heteroatoms. The zero-order valence-electron chi connectivity index (χ0n) is 10.9. The number of carbonyl (C=O) groups is 1. The van der Waals surface area contributed by atoms with Gasteiger partial charge >= 0.3 is 0 Å². The summed E-state index contributed by atoms with van der Waals surface area (Å²) >= 11 is 0. The number of hydrogen-bond acceptors (Lipinski definition) is 2. The van der Waals surface area contributed by atoms with Crippen LogP contribution in [0.15, 0.2) is 0 Å². The van der Waals surface area contributed by atoms with Crippen molar-refractivity contribution < 1.29 is 4.79 Å². The van der Waals surface area contributed by atoms with Gasteiger partial charge in [0.2, 0.25) is 5.91 Å². The fourth-order valence-electron chi connectivity index (χ4n) is 3.13. The predicted octanol–water partition coefficient (Wildman–Crippen LogP) is 2.05. The number of piperidine rings is 2. The summed E-state index contributed by atoms with van der Waals surface area (Å²) in [6.07, 6.45) is 4.71. The fraction of sp³-hybridized carbons (Fsp3) is 0.923. The average Bonchev–Trinajstić information content (AvgIpc) is 2.28. The van der Waals surface area contributed by atoms with E-state index in [4.69, 9.17) is 0 Å². The van der Waals surface area contributed by atoms with Gasteiger partial charge in [0.05, 0.1) is 6.04 Å². The number of rotatable bonds is 1. The van der Waals surface area contributed by atoms with E-state index in [0.29, 0.717) is 17.7 Å². The van der Waals surface area contributed by atoms with Gasteiger partial charge in [0.25, 0.3) is 0 Å². The van der Waals surface area contributed by atoms with Gasteiger partial charge in [0.1, 0.15) is 0 Å². The molecule has 0 aliphatic carbocycles. The van der Waals surface area contributed by atoms with Crippen LogP contribution in [0.2, 0.25) is 0 Å². The van der Waals surface area contributed by atoms with E-state index in [2.05, 4.69) is 24.1 Å². The van der Waals surface area contributed by atoms with E-state index in [0.717, 1.165) is 26.1 Å². The summed E-state index contributed by atoms with van der Waals surface area (Å²) in [7, 11) is 0. The minimum Gasteiger partial charge on any atom is -0.341 e. The summed E-state index contributed by atoms with van der Waals surface area (Å²) in [6, 6.07) is 0.103. The maximum Gasteiger partial charge on any atom is 0.239 e. The van der Waals surface area contributed by atoms with Crippen molar-refractivity contribution in [3.05, 3.63) is 0 Å². The Morgan fingerprint density at radius 2 is 1.82 bits per heavy atom. The van der Waals surface area contributed by atoms with Crippen LogP contribution in [-0.4, -0.2) is 36.5 Å². The molecule has 2 heterocycles. The summed E-state index contributed by atoms with van der Waals surface area (Å²) in [5.74, 6) is 1.67. The van der Waals surface area contributed by atoms with Crippen molar-refractivity contribution >= 4 is 18.3 Å². The highest BCUT2D eigenvalue weighted by Crippen LogP contribution is 2.22. The van der Waals surface area contributed by atoms with Gasteiger partial charge in [0.15, 0.2) is 0 Å². The summed E-state index contributed by atoms with van der Waals surface area (Å²) in [5, 5.41) is 3.35. The first-order valence-electron chi connectivity index (χ1n) is 6.69. The van der Waals surface area contributed by atoms with Crippen molar-refractivity contribution in [2.24, 2.45) is 11.8 Å². The molecule has 2 aliphatic heterocycles. The standard InChI is InChI=1S/C13H24N2O.ClH/c1-10-7-11(2)9-15(8-10)13(16)12-5-3-4-6-14-12;/h10-12,14H,3-9H2,1-2H3;1H. The highest BCUT2D eigenvalue weighted by molar-refractivity contribution is 5.85. The normalized spacial score (nSPS) is 34.0. The lowest BCUT2D eigenvalue weighted by atomic mass is 9.91. The number of nitrogens with zero attached hydrogens (tertiary/aromatic N) is 1. The van der Waals surface area contributed by atoms with Crippen LogP contribution in [0, 0.1) is 11.8 Å². The Balaban J connectivity index is 0.00000144. The Kier molecular flexibility index (Phi) is 5.74. The van der Waals surface area contributed by atoms with Crippen molar-refractivity contribution in [3.8, 4) is 0 Å². The maximum atomic E-state index is 12.3. The molecule has 100 valence electrons. The molecule has 2 saturated heterocycles. The van der Waals surface area contributed by atoms with Crippen molar-refractivity contribution in [2.75, 3.05) is 19.6 Å². The van der Waals surface area contributed by atoms with Crippen LogP contribution >= 0.6 is 12.4 Å². The van der Waals surface area contributed by atoms with Crippen LogP contribution in [0.3, 0.4) is 0 Å². The molecule has 0 aromatic heterocycles. The minimum absolute atomic E-state index is 0. The Hall–Kier alpha value is -0.280. The Morgan fingerprint density at radius 1 is 1.18 bits per heavy atom. The highest BCUT2D eigenvalue weighted by atomic mass is 35.5. The number of hydrogen-bond donors (Lipinski definition) is 1. The second kappa shape index (κ2) is 6.60. The van der Waals surface area contributed by atoms with Crippen LogP contribution in [0.4, 0.5) is 0 Å². The molecule has 0 radical (unpaired) electrons. The number of halogens is 1. The molecule has 1 N–H and O–H groups in total. The molecular weight excluding hydrogens is 236 g/mol. The largest absolute Gasteiger partial charge is 0.341 e. The molecule has 1 amide bonds. The van der Waals surface area contributed by atoms with Gasteiger partial charge in [-0.25, -0.2) is 0 Å². The van der Waals surface area contributed by atoms with Gasteiger partial charge in [-0.05, 0) is 37.6 Å². The second-order valence-corrected chi connectivity index (χ2v) is 5.69. The highest BCUT2D eigenvalue weighted by Gasteiger charge is 2.30. The molecular formula is C13H25ClN2O. The first kappa shape index (κ1) is 14.8. The molecule has 3 atom stereocenters. The van der Waals surface area contributed by atoms with E-state index in [9.17, 15) is 4.79 Å². The van der Waals surface area contributed by atoms with E-state index >= 15 is 0 Å². The van der Waals surface area contributed by atoms with Crippen molar-refractivity contribution in [1.82, 2.24) is 10.2 Å². The van der Waals surface area contributed by atoms with Crippen LogP contribution in [0.25, 0.3) is 0 Å². The first-order valence-corrected chi connectivity index (χ1v) is 6.69. The third-order valence-corrected chi connectivity index (χ3v) is 3.79. The Labute approximate surface area is 111 Å². The smallest absolute Gasteiger partial charge is 0.239 e. The molecule has 0 bridgehead atoms. The molecule has 2 rings (SSSR count). The van der Waals surface area contributed by atoms with Crippen LogP contribution in [0.5, 0.6) is 0 Å². The van der Waals surface area contributed by atoms with Gasteiger partial charge in [-0.15, -0.1) is 12.4 Å². The van der Waals surface area contributed by atoms with Gasteiger partial charge in [-0.1, -0.05) is 20.3 Å². The lowest BCUT2D eigenvalue weighted by Crippen LogP contribution is -2.52. The van der Waals surface area contributed by atoms with Crippen LogP contribution in [0.1, 0.15) is 39.5 Å². The monoisotopic (exact) mass is 260 g/mol. The summed E-state index contributed by atoms with van der Waals surface area (Å²) < 4.78 is 0. The zero-order valence-corrected chi connectivity index (χ0v) is 11.8. The molecule has 2 aliphatic rings. The quantitative estimate of drug-likeness (QED) is 0.783. The Morgan fingerprint density at radius 3 is 2.35 bits per heavy atom. The second-order valence-electron chi connectivity index (χ2n) is 5.69. The van der Waals surface area contributed by atoms with E-state index in [1.165, 1.54) is 19.3 Å². The van der Waals surface area contributed by atoms with Crippen molar-refractivity contribution in [1.29, 1.82) is 0 Å². The molecule has 0 aromatic rings. The molecule has 0 saturated carbocycles. The molecule has 0 spiro atoms. The third-order valence-electron chi connectivity index (χ3n) is 3.79. The molecule has 3 nitrogen and oxygen atoms in total. The van der Waals surface area contributed by atoms with E-state index in [-0.39, 0.29) is 18.4 Å². The number of likely N-dealkylation sites (tertiary alicyclic amines) is 1. The van der Waals surface area contributed by atoms with Gasteiger partial charge in [-0.3, -0.25) is 4.79 Å². The average molecular weight is 261 g/mol. The molecule has 17 heavy (non-hydrogen) atoms. The molecule has 2 fully saturated rings. The zero-order chi connectivity index (χ0) is 11.5. The fourth-order valence-corrected chi connectivity index (χ4v) is 3.13. The maximum absolute atomic E-state index is 12.3. The van der Waals surface area contributed by atoms with Crippen LogP contribution < -0.4 is 5.32 Å². The summed E-state index contributed by atoms with van der Waals surface area (Å²) in [5.41, 5.74) is 0. The van der Waals surface area contributed by atoms with Crippen molar-refractivity contribution in [2.45, 2.75) is 45.6 Å². The van der Waals surface area contributed by atoms with E-state index < -0.39 is 0 Å². The topological polar surface area (TPSA) is 32.3 Å². The van der Waals surface area contributed by atoms with Gasteiger partial charge < -0.3 is 10.2 Å². The SMILES string of the molecule is CC1CC(C)CN(C(=O)C2CCCCN2)C1.Cl. The summed E-state index contributed by atoms with van der Waals surface area (Å²) in [4.78, 5) is 14.4. The Bertz CT molecular complexity index is 244. The number of amides is 1. The first-order chi connectivity index (χ1) is 7.66. The van der Waals surface area contributed by atoms with E-state index in [1.54, 1.807) is 0 Å². The van der Waals surface area contributed by atoms with Crippen molar-refractivity contribution in [3.63, 3.8) is 0 Å². The lowest BCUT2D eigenvalue weighted by Gasteiger charge is -2.37. The predicted molar refractivity (Wildman–Crippen MR) is 72.4 cm³/mol. The van der Waals surface area contributed by atoms with Crippen LogP contribution in [-0.2, 0) is 4.79 Å². The van der Waals surface area contributed by atoms with Gasteiger partial charge in [0, 0.05) is 13.1 Å². The minimum atomic E-state index is 0. The van der Waals surface area contributed by atoms with E-state index in [1.807, 2.05) is 0 Å². The number of carbonyl (C=O) groups excluding carboxylic acids is 1. The summed E-state index contributed by atoms with van der Waals surface area (Å²) in [6.45, 7) is 7.44. The number of nitrogens with one attached hydrogen (secondary N) is 1.